The van der Waals surface area contributed by atoms with Gasteiger partial charge in [0.25, 0.3) is 5.91 Å². The minimum atomic E-state index is -3.73. The van der Waals surface area contributed by atoms with Crippen LogP contribution in [-0.2, 0) is 16.6 Å². The molecule has 0 spiro atoms. The van der Waals surface area contributed by atoms with Gasteiger partial charge in [-0.1, -0.05) is 35.9 Å². The maximum absolute atomic E-state index is 13.7. The lowest BCUT2D eigenvalue weighted by atomic mass is 10.1. The lowest BCUT2D eigenvalue weighted by Crippen LogP contribution is -2.42. The van der Waals surface area contributed by atoms with Crippen molar-refractivity contribution in [1.82, 2.24) is 9.21 Å². The maximum atomic E-state index is 13.7. The summed E-state index contributed by atoms with van der Waals surface area (Å²) in [5.74, 6) is -1.28. The summed E-state index contributed by atoms with van der Waals surface area (Å²) in [4.78, 5) is 31.1. The molecule has 4 rings (SSSR count). The van der Waals surface area contributed by atoms with Crippen LogP contribution in [-0.4, -0.2) is 59.4 Å². The predicted molar refractivity (Wildman–Crippen MR) is 158 cm³/mol. The number of aromatic carboxylic acids is 1. The zero-order valence-electron chi connectivity index (χ0n) is 22.2. The molecule has 0 saturated carbocycles. The largest absolute Gasteiger partial charge is 0.478 e. The van der Waals surface area contributed by atoms with E-state index in [0.717, 1.165) is 17.0 Å². The first-order valence-corrected chi connectivity index (χ1v) is 14.6. The number of carboxylic acids is 1. The van der Waals surface area contributed by atoms with Crippen LogP contribution in [0.4, 0.5) is 5.69 Å². The topological polar surface area (TPSA) is 107 Å². The first-order valence-electron chi connectivity index (χ1n) is 12.7. The van der Waals surface area contributed by atoms with Gasteiger partial charge in [0.05, 0.1) is 11.3 Å². The lowest BCUT2D eigenvalue weighted by molar-refractivity contribution is 0.0666. The molecule has 3 aromatic rings. The van der Waals surface area contributed by atoms with Gasteiger partial charge in [0.15, 0.2) is 0 Å². The highest BCUT2D eigenvalue weighted by Crippen LogP contribution is 2.25. The molecule has 1 unspecified atom stereocenters. The Kier molecular flexibility index (Phi) is 9.19. The molecule has 40 heavy (non-hydrogen) atoms. The normalized spacial score (nSPS) is 15.7. The number of sulfonamides is 1. The molecule has 1 saturated heterocycles. The van der Waals surface area contributed by atoms with E-state index < -0.39 is 16.0 Å². The molecule has 1 aliphatic heterocycles. The average Bonchev–Trinajstić information content (AvgIpc) is 3.43. The Labute approximate surface area is 239 Å². The zero-order valence-corrected chi connectivity index (χ0v) is 23.8. The summed E-state index contributed by atoms with van der Waals surface area (Å²) in [6, 6.07) is 19.8. The van der Waals surface area contributed by atoms with E-state index in [1.165, 1.54) is 27.9 Å². The van der Waals surface area contributed by atoms with E-state index in [2.05, 4.69) is 4.99 Å². The number of carboxylic acid groups (broad SMARTS) is 1. The van der Waals surface area contributed by atoms with Crippen molar-refractivity contribution in [2.45, 2.75) is 32.9 Å². The summed E-state index contributed by atoms with van der Waals surface area (Å²) in [7, 11) is -3.73. The number of hydrogen-bond donors (Lipinski definition) is 1. The third-order valence-electron chi connectivity index (χ3n) is 6.51. The van der Waals surface area contributed by atoms with Crippen molar-refractivity contribution < 1.29 is 23.1 Å². The molecule has 8 nitrogen and oxygen atoms in total. The highest BCUT2D eigenvalue weighted by atomic mass is 35.5. The molecule has 208 valence electrons. The van der Waals surface area contributed by atoms with Crippen LogP contribution in [0.2, 0.25) is 5.02 Å². The third-order valence-corrected chi connectivity index (χ3v) is 8.29. The van der Waals surface area contributed by atoms with E-state index in [4.69, 9.17) is 11.6 Å². The monoisotopic (exact) mass is 579 g/mol. The molecule has 0 aromatic heterocycles. The van der Waals surface area contributed by atoms with Crippen LogP contribution in [0.15, 0.2) is 83.2 Å². The number of carbonyl (C=O) groups excluding carboxylic acids is 1. The van der Waals surface area contributed by atoms with E-state index in [9.17, 15) is 23.1 Å². The molecule has 1 fully saturated rings. The Balaban J connectivity index is 1.57. The van der Waals surface area contributed by atoms with Crippen LogP contribution in [0, 0.1) is 0 Å². The standard InChI is InChI=1S/C30H30ClN3O5S/c1-21(2)32-27-13-9-24(10-14-27)29(35)34(19-23-3-7-25(8-4-23)30(36)37)28-15-17-33(20-28)40(38,39)18-16-22-5-11-26(31)12-6-22/h3-14,16,18,28H,15,17,19-20H2,1-2H3,(H,36,37)/b18-16+. The van der Waals surface area contributed by atoms with Crippen molar-refractivity contribution in [2.24, 2.45) is 4.99 Å². The van der Waals surface area contributed by atoms with Crippen molar-refractivity contribution in [1.29, 1.82) is 0 Å². The number of benzene rings is 3. The summed E-state index contributed by atoms with van der Waals surface area (Å²) in [5.41, 5.74) is 3.68. The van der Waals surface area contributed by atoms with Crippen molar-refractivity contribution in [3.05, 3.63) is 105 Å². The Hall–Kier alpha value is -3.79. The first-order chi connectivity index (χ1) is 19.0. The summed E-state index contributed by atoms with van der Waals surface area (Å²) < 4.78 is 27.6. The molecule has 1 atom stereocenters. The molecule has 10 heteroatoms. The molecular formula is C30H30ClN3O5S. The van der Waals surface area contributed by atoms with Gasteiger partial charge in [-0.25, -0.2) is 13.2 Å². The van der Waals surface area contributed by atoms with Crippen LogP contribution in [0.5, 0.6) is 0 Å². The Morgan fingerprint density at radius 1 is 1.00 bits per heavy atom. The second kappa shape index (κ2) is 12.6. The second-order valence-electron chi connectivity index (χ2n) is 9.74. The van der Waals surface area contributed by atoms with Gasteiger partial charge in [-0.3, -0.25) is 9.79 Å². The summed E-state index contributed by atoms with van der Waals surface area (Å²) in [5, 5.41) is 11.0. The van der Waals surface area contributed by atoms with Crippen molar-refractivity contribution >= 4 is 51.0 Å². The van der Waals surface area contributed by atoms with E-state index in [-0.39, 0.29) is 37.1 Å². The minimum absolute atomic E-state index is 0.143. The summed E-state index contributed by atoms with van der Waals surface area (Å²) in [6.07, 6.45) is 1.98. The fraction of sp³-hybridized carbons (Fsp3) is 0.233. The van der Waals surface area contributed by atoms with E-state index in [0.29, 0.717) is 22.6 Å². The van der Waals surface area contributed by atoms with Gasteiger partial charge in [-0.2, -0.15) is 4.31 Å². The van der Waals surface area contributed by atoms with Crippen molar-refractivity contribution in [2.75, 3.05) is 13.1 Å². The molecule has 3 aromatic carbocycles. The molecule has 1 heterocycles. The smallest absolute Gasteiger partial charge is 0.335 e. The van der Waals surface area contributed by atoms with Crippen LogP contribution in [0.1, 0.15) is 52.1 Å². The van der Waals surface area contributed by atoms with Crippen LogP contribution < -0.4 is 0 Å². The number of carbonyl (C=O) groups is 2. The molecule has 1 amide bonds. The molecule has 0 radical (unpaired) electrons. The Morgan fingerprint density at radius 3 is 2.23 bits per heavy atom. The average molecular weight is 580 g/mol. The number of amides is 1. The fourth-order valence-electron chi connectivity index (χ4n) is 4.44. The van der Waals surface area contributed by atoms with Gasteiger partial charge in [-0.15, -0.1) is 0 Å². The van der Waals surface area contributed by atoms with Gasteiger partial charge in [-0.05, 0) is 86.0 Å². The fourth-order valence-corrected chi connectivity index (χ4v) is 5.81. The van der Waals surface area contributed by atoms with Crippen LogP contribution >= 0.6 is 11.6 Å². The number of halogens is 1. The molecular weight excluding hydrogens is 550 g/mol. The number of rotatable bonds is 9. The van der Waals surface area contributed by atoms with Crippen molar-refractivity contribution in [3.63, 3.8) is 0 Å². The predicted octanol–water partition coefficient (Wildman–Crippen LogP) is 5.87. The lowest BCUT2D eigenvalue weighted by Gasteiger charge is -2.29. The highest BCUT2D eigenvalue weighted by molar-refractivity contribution is 7.92. The van der Waals surface area contributed by atoms with Gasteiger partial charge in [0.1, 0.15) is 0 Å². The zero-order chi connectivity index (χ0) is 28.9. The summed E-state index contributed by atoms with van der Waals surface area (Å²) >= 11 is 5.91. The molecule has 0 aliphatic carbocycles. The quantitative estimate of drug-likeness (QED) is 0.319. The minimum Gasteiger partial charge on any atom is -0.478 e. The Bertz CT molecular complexity index is 1530. The van der Waals surface area contributed by atoms with Gasteiger partial charge in [0, 0.05) is 47.4 Å². The molecule has 0 bridgehead atoms. The van der Waals surface area contributed by atoms with Gasteiger partial charge < -0.3 is 10.0 Å². The van der Waals surface area contributed by atoms with Crippen molar-refractivity contribution in [3.8, 4) is 0 Å². The number of aliphatic imine (C=N–C) groups is 1. The van der Waals surface area contributed by atoms with Crippen LogP contribution in [0.25, 0.3) is 6.08 Å². The third kappa shape index (κ3) is 7.44. The highest BCUT2D eigenvalue weighted by Gasteiger charge is 2.35. The van der Waals surface area contributed by atoms with Gasteiger partial charge >= 0.3 is 5.97 Å². The van der Waals surface area contributed by atoms with E-state index in [1.807, 2.05) is 13.8 Å². The van der Waals surface area contributed by atoms with Crippen LogP contribution in [0.3, 0.4) is 0 Å². The SMILES string of the molecule is CC(C)=Nc1ccc(C(=O)N(Cc2ccc(C(=O)O)cc2)C2CCN(S(=O)(=O)/C=C/c3ccc(Cl)cc3)C2)cc1. The van der Waals surface area contributed by atoms with E-state index >= 15 is 0 Å². The number of nitrogens with zero attached hydrogens (tertiary/aromatic N) is 3. The summed E-state index contributed by atoms with van der Waals surface area (Å²) in [6.45, 7) is 4.39. The van der Waals surface area contributed by atoms with Gasteiger partial charge in [0.2, 0.25) is 10.0 Å². The van der Waals surface area contributed by atoms with E-state index in [1.54, 1.807) is 65.6 Å². The Morgan fingerprint density at radius 2 is 1.62 bits per heavy atom. The molecule has 1 aliphatic rings. The number of hydrogen-bond acceptors (Lipinski definition) is 5. The maximum Gasteiger partial charge on any atom is 0.335 e. The second-order valence-corrected chi connectivity index (χ2v) is 12.0. The molecule has 1 N–H and O–H groups in total. The first kappa shape index (κ1) is 29.2.